The minimum atomic E-state index is -0.537. The van der Waals surface area contributed by atoms with Crippen molar-refractivity contribution in [2.24, 2.45) is 11.5 Å². The average molecular weight is 425 g/mol. The van der Waals surface area contributed by atoms with Crippen LogP contribution in [-0.4, -0.2) is 36.4 Å². The number of benzene rings is 2. The molecule has 31 heavy (non-hydrogen) atoms. The van der Waals surface area contributed by atoms with Gasteiger partial charge in [-0.2, -0.15) is 0 Å². The molecule has 0 saturated carbocycles. The number of pyridine rings is 1. The Hall–Kier alpha value is -2.91. The smallest absolute Gasteiger partial charge is 0.136 e. The number of methoxy groups -OCH3 is 1. The Morgan fingerprint density at radius 3 is 2.23 bits per heavy atom. The predicted octanol–water partition coefficient (Wildman–Crippen LogP) is 3.20. The number of hydrogen-bond donors (Lipinski definition) is 2. The second kappa shape index (κ2) is 9.07. The fourth-order valence-corrected chi connectivity index (χ4v) is 3.79. The van der Waals surface area contributed by atoms with Gasteiger partial charge in [-0.25, -0.2) is 18.7 Å². The average Bonchev–Trinajstić information content (AvgIpc) is 2.78. The summed E-state index contributed by atoms with van der Waals surface area (Å²) >= 11 is 0. The Morgan fingerprint density at radius 2 is 1.58 bits per heavy atom. The normalized spacial score (nSPS) is 18.8. The van der Waals surface area contributed by atoms with Gasteiger partial charge in [0.05, 0.1) is 23.7 Å². The van der Waals surface area contributed by atoms with Crippen molar-refractivity contribution in [3.05, 3.63) is 83.6 Å². The number of anilines is 1. The van der Waals surface area contributed by atoms with Crippen LogP contribution in [0.15, 0.2) is 60.7 Å². The van der Waals surface area contributed by atoms with E-state index in [2.05, 4.69) is 0 Å². The first-order chi connectivity index (χ1) is 15.0. The molecule has 8 heteroatoms. The molecule has 162 valence electrons. The maximum atomic E-state index is 13.4. The fraction of sp³-hybridized carbons (Fsp3) is 0.261. The van der Waals surface area contributed by atoms with Crippen LogP contribution in [0.2, 0.25) is 0 Å². The van der Waals surface area contributed by atoms with E-state index in [-0.39, 0.29) is 11.6 Å². The van der Waals surface area contributed by atoms with Crippen molar-refractivity contribution in [3.63, 3.8) is 0 Å². The summed E-state index contributed by atoms with van der Waals surface area (Å²) in [6.45, 7) is 1.43. The quantitative estimate of drug-likeness (QED) is 0.631. The first-order valence-electron chi connectivity index (χ1n) is 10.0. The van der Waals surface area contributed by atoms with Crippen LogP contribution in [-0.2, 0) is 11.3 Å². The van der Waals surface area contributed by atoms with Crippen molar-refractivity contribution in [3.8, 4) is 11.3 Å². The number of nitrogens with two attached hydrogens (primary N) is 2. The summed E-state index contributed by atoms with van der Waals surface area (Å²) in [5, 5.41) is 0. The van der Waals surface area contributed by atoms with E-state index in [1.165, 1.54) is 24.3 Å². The van der Waals surface area contributed by atoms with Crippen molar-refractivity contribution < 1.29 is 13.5 Å². The molecule has 3 aromatic rings. The summed E-state index contributed by atoms with van der Waals surface area (Å²) in [4.78, 5) is 8.71. The van der Waals surface area contributed by atoms with Gasteiger partial charge in [0.25, 0.3) is 0 Å². The molecule has 2 atom stereocenters. The SMILES string of the molecule is COCCN1C(N)c2nc(-c3ccc(F)cc3)ccc2N(Cc2ccc(F)cc2)C1N. The molecular formula is C23H25F2N5O. The van der Waals surface area contributed by atoms with E-state index >= 15 is 0 Å². The van der Waals surface area contributed by atoms with Gasteiger partial charge in [0.1, 0.15) is 24.1 Å². The number of halogens is 2. The Bertz CT molecular complexity index is 1030. The van der Waals surface area contributed by atoms with Gasteiger partial charge in [0.2, 0.25) is 0 Å². The van der Waals surface area contributed by atoms with E-state index in [0.29, 0.717) is 31.1 Å². The summed E-state index contributed by atoms with van der Waals surface area (Å²) in [6, 6.07) is 16.3. The maximum absolute atomic E-state index is 13.4. The van der Waals surface area contributed by atoms with Crippen molar-refractivity contribution in [2.75, 3.05) is 25.2 Å². The standard InChI is InChI=1S/C23H25F2N5O/c1-31-13-12-29-22(26)21-20(11-10-19(28-21)16-4-8-18(25)9-5-16)30(23(29)27)14-15-2-6-17(24)7-3-15/h2-11,22-23H,12-14,26-27H2,1H3. The monoisotopic (exact) mass is 425 g/mol. The van der Waals surface area contributed by atoms with Crippen LogP contribution in [0.1, 0.15) is 17.4 Å². The zero-order chi connectivity index (χ0) is 22.0. The van der Waals surface area contributed by atoms with E-state index in [1.807, 2.05) is 21.9 Å². The molecule has 4 N–H and O–H groups in total. The second-order valence-corrected chi connectivity index (χ2v) is 7.45. The first-order valence-corrected chi connectivity index (χ1v) is 10.0. The lowest BCUT2D eigenvalue weighted by atomic mass is 10.1. The summed E-state index contributed by atoms with van der Waals surface area (Å²) < 4.78 is 31.9. The van der Waals surface area contributed by atoms with Gasteiger partial charge in [-0.1, -0.05) is 12.1 Å². The van der Waals surface area contributed by atoms with Crippen molar-refractivity contribution in [1.82, 2.24) is 9.88 Å². The molecule has 0 spiro atoms. The molecule has 1 aliphatic rings. The number of hydrogen-bond acceptors (Lipinski definition) is 6. The van der Waals surface area contributed by atoms with Crippen LogP contribution in [0.3, 0.4) is 0 Å². The molecule has 0 fully saturated rings. The van der Waals surface area contributed by atoms with E-state index in [1.54, 1.807) is 31.4 Å². The lowest BCUT2D eigenvalue weighted by Gasteiger charge is -2.46. The molecule has 4 rings (SSSR count). The summed E-state index contributed by atoms with van der Waals surface area (Å²) in [6.07, 6.45) is -1.05. The van der Waals surface area contributed by atoms with Crippen LogP contribution in [0, 0.1) is 11.6 Å². The van der Waals surface area contributed by atoms with Crippen molar-refractivity contribution >= 4 is 5.69 Å². The number of nitrogens with zero attached hydrogens (tertiary/aromatic N) is 3. The van der Waals surface area contributed by atoms with Crippen molar-refractivity contribution in [1.29, 1.82) is 0 Å². The maximum Gasteiger partial charge on any atom is 0.136 e. The molecule has 0 amide bonds. The van der Waals surface area contributed by atoms with Gasteiger partial charge in [-0.15, -0.1) is 0 Å². The Balaban J connectivity index is 1.74. The molecule has 0 radical (unpaired) electrons. The third-order valence-electron chi connectivity index (χ3n) is 5.47. The predicted molar refractivity (Wildman–Crippen MR) is 116 cm³/mol. The Labute approximate surface area is 180 Å². The lowest BCUT2D eigenvalue weighted by molar-refractivity contribution is 0.0750. The fourth-order valence-electron chi connectivity index (χ4n) is 3.79. The Morgan fingerprint density at radius 1 is 0.935 bits per heavy atom. The Kier molecular flexibility index (Phi) is 6.24. The summed E-state index contributed by atoms with van der Waals surface area (Å²) in [5.74, 6) is -0.595. The van der Waals surface area contributed by atoms with E-state index in [9.17, 15) is 8.78 Å². The molecule has 2 aromatic carbocycles. The number of ether oxygens (including phenoxy) is 1. The van der Waals surface area contributed by atoms with Gasteiger partial charge >= 0.3 is 0 Å². The number of fused-ring (bicyclic) bond motifs is 1. The third kappa shape index (κ3) is 4.42. The van der Waals surface area contributed by atoms with Gasteiger partial charge < -0.3 is 15.4 Å². The molecule has 0 saturated heterocycles. The van der Waals surface area contributed by atoms with Crippen LogP contribution < -0.4 is 16.4 Å². The summed E-state index contributed by atoms with van der Waals surface area (Å²) in [5.41, 5.74) is 17.0. The zero-order valence-electron chi connectivity index (χ0n) is 17.2. The van der Waals surface area contributed by atoms with Gasteiger partial charge in [-0.3, -0.25) is 5.73 Å². The number of aromatic nitrogens is 1. The largest absolute Gasteiger partial charge is 0.383 e. The van der Waals surface area contributed by atoms with E-state index in [4.69, 9.17) is 21.2 Å². The lowest BCUT2D eigenvalue weighted by Crippen LogP contribution is -2.61. The number of rotatable bonds is 6. The van der Waals surface area contributed by atoms with Gasteiger partial charge in [0, 0.05) is 25.8 Å². The minimum Gasteiger partial charge on any atom is -0.383 e. The van der Waals surface area contributed by atoms with Gasteiger partial charge in [-0.05, 0) is 54.1 Å². The molecule has 0 bridgehead atoms. The third-order valence-corrected chi connectivity index (χ3v) is 5.47. The van der Waals surface area contributed by atoms with Crippen LogP contribution in [0.5, 0.6) is 0 Å². The highest BCUT2D eigenvalue weighted by Crippen LogP contribution is 2.36. The molecular weight excluding hydrogens is 400 g/mol. The molecule has 0 aliphatic carbocycles. The summed E-state index contributed by atoms with van der Waals surface area (Å²) in [7, 11) is 1.62. The van der Waals surface area contributed by atoms with Crippen LogP contribution in [0.25, 0.3) is 11.3 Å². The van der Waals surface area contributed by atoms with Crippen LogP contribution >= 0.6 is 0 Å². The molecule has 1 aliphatic heterocycles. The minimum absolute atomic E-state index is 0.290. The molecule has 2 heterocycles. The molecule has 1 aromatic heterocycles. The van der Waals surface area contributed by atoms with E-state index < -0.39 is 12.5 Å². The van der Waals surface area contributed by atoms with Crippen LogP contribution in [0.4, 0.5) is 14.5 Å². The van der Waals surface area contributed by atoms with E-state index in [0.717, 1.165) is 16.8 Å². The topological polar surface area (TPSA) is 80.6 Å². The highest BCUT2D eigenvalue weighted by molar-refractivity contribution is 5.65. The highest BCUT2D eigenvalue weighted by atomic mass is 19.1. The van der Waals surface area contributed by atoms with Gasteiger partial charge in [0.15, 0.2) is 0 Å². The van der Waals surface area contributed by atoms with Crippen molar-refractivity contribution in [2.45, 2.75) is 19.0 Å². The zero-order valence-corrected chi connectivity index (χ0v) is 17.2. The molecule has 2 unspecified atom stereocenters. The molecule has 6 nitrogen and oxygen atoms in total. The first kappa shape index (κ1) is 21.3. The highest BCUT2D eigenvalue weighted by Gasteiger charge is 2.36. The second-order valence-electron chi connectivity index (χ2n) is 7.45.